The molecule has 1 heteroatoms. The summed E-state index contributed by atoms with van der Waals surface area (Å²) in [7, 11) is 0. The lowest BCUT2D eigenvalue weighted by Gasteiger charge is -2.10. The molecule has 0 aliphatic heterocycles. The highest BCUT2D eigenvalue weighted by Gasteiger charge is 2.13. The minimum absolute atomic E-state index is 0.0167. The molecule has 1 atom stereocenters. The SMILES string of the molecule is C=CC(=CC=CC)CC(C)C(=O)C(=C)C. The summed E-state index contributed by atoms with van der Waals surface area (Å²) in [5.41, 5.74) is 1.70. The van der Waals surface area contributed by atoms with E-state index in [1.807, 2.05) is 32.1 Å². The van der Waals surface area contributed by atoms with Gasteiger partial charge in [0.2, 0.25) is 0 Å². The van der Waals surface area contributed by atoms with Gasteiger partial charge in [-0.2, -0.15) is 0 Å². The van der Waals surface area contributed by atoms with Gasteiger partial charge in [0.25, 0.3) is 0 Å². The van der Waals surface area contributed by atoms with Crippen molar-refractivity contribution in [2.24, 2.45) is 5.92 Å². The van der Waals surface area contributed by atoms with Crippen LogP contribution in [0, 0.1) is 5.92 Å². The van der Waals surface area contributed by atoms with E-state index in [0.717, 1.165) is 12.0 Å². The van der Waals surface area contributed by atoms with Crippen molar-refractivity contribution in [1.29, 1.82) is 0 Å². The topological polar surface area (TPSA) is 17.1 Å². The number of allylic oxidation sites excluding steroid dienone is 6. The molecular weight excluding hydrogens is 184 g/mol. The zero-order chi connectivity index (χ0) is 11.8. The van der Waals surface area contributed by atoms with Crippen molar-refractivity contribution in [3.05, 3.63) is 48.6 Å². The third-order valence-corrected chi connectivity index (χ3v) is 2.18. The van der Waals surface area contributed by atoms with E-state index in [1.165, 1.54) is 0 Å². The van der Waals surface area contributed by atoms with Crippen LogP contribution in [0.5, 0.6) is 0 Å². The Hall–Kier alpha value is -1.37. The first-order valence-corrected chi connectivity index (χ1v) is 5.17. The maximum Gasteiger partial charge on any atom is 0.161 e. The Kier molecular flexibility index (Phi) is 6.35. The standard InChI is InChI=1S/C14H20O/c1-6-8-9-13(7-2)10-12(5)14(15)11(3)4/h6-9,12H,2-3,10H2,1,4-5H3. The highest BCUT2D eigenvalue weighted by Crippen LogP contribution is 2.16. The predicted molar refractivity (Wildman–Crippen MR) is 66.7 cm³/mol. The molecule has 0 rings (SSSR count). The van der Waals surface area contributed by atoms with E-state index >= 15 is 0 Å². The van der Waals surface area contributed by atoms with Crippen LogP contribution in [0.2, 0.25) is 0 Å². The van der Waals surface area contributed by atoms with E-state index in [0.29, 0.717) is 5.57 Å². The average molecular weight is 204 g/mol. The normalized spacial score (nSPS) is 13.9. The molecule has 0 aromatic heterocycles. The fourth-order valence-corrected chi connectivity index (χ4v) is 1.31. The molecule has 15 heavy (non-hydrogen) atoms. The summed E-state index contributed by atoms with van der Waals surface area (Å²) in [4.78, 5) is 11.6. The molecule has 0 heterocycles. The van der Waals surface area contributed by atoms with Gasteiger partial charge in [0.05, 0.1) is 0 Å². The molecule has 0 aliphatic carbocycles. The van der Waals surface area contributed by atoms with E-state index < -0.39 is 0 Å². The zero-order valence-electron chi connectivity index (χ0n) is 9.92. The van der Waals surface area contributed by atoms with Crippen LogP contribution in [0.25, 0.3) is 0 Å². The minimum Gasteiger partial charge on any atom is -0.294 e. The van der Waals surface area contributed by atoms with Crippen molar-refractivity contribution in [3.8, 4) is 0 Å². The number of ketones is 1. The van der Waals surface area contributed by atoms with Crippen LogP contribution >= 0.6 is 0 Å². The molecule has 0 amide bonds. The molecule has 0 spiro atoms. The maximum atomic E-state index is 11.6. The second kappa shape index (κ2) is 6.99. The highest BCUT2D eigenvalue weighted by molar-refractivity contribution is 5.95. The van der Waals surface area contributed by atoms with E-state index in [4.69, 9.17) is 0 Å². The largest absolute Gasteiger partial charge is 0.294 e. The number of hydrogen-bond donors (Lipinski definition) is 0. The molecule has 0 aliphatic rings. The first kappa shape index (κ1) is 13.6. The van der Waals surface area contributed by atoms with E-state index in [2.05, 4.69) is 13.2 Å². The highest BCUT2D eigenvalue weighted by atomic mass is 16.1. The average Bonchev–Trinajstić information content (AvgIpc) is 2.22. The maximum absolute atomic E-state index is 11.6. The smallest absolute Gasteiger partial charge is 0.161 e. The lowest BCUT2D eigenvalue weighted by Crippen LogP contribution is -2.11. The monoisotopic (exact) mass is 204 g/mol. The Morgan fingerprint density at radius 2 is 2.07 bits per heavy atom. The van der Waals surface area contributed by atoms with Crippen LogP contribution in [0.3, 0.4) is 0 Å². The first-order valence-electron chi connectivity index (χ1n) is 5.17. The quantitative estimate of drug-likeness (QED) is 0.474. The number of rotatable bonds is 6. The molecule has 1 unspecified atom stereocenters. The van der Waals surface area contributed by atoms with Crippen molar-refractivity contribution < 1.29 is 4.79 Å². The summed E-state index contributed by atoms with van der Waals surface area (Å²) in [6.07, 6.45) is 8.40. The Bertz CT molecular complexity index is 305. The van der Waals surface area contributed by atoms with Gasteiger partial charge in [-0.1, -0.05) is 44.4 Å². The summed E-state index contributed by atoms with van der Waals surface area (Å²) < 4.78 is 0. The molecule has 82 valence electrons. The van der Waals surface area contributed by atoms with Crippen LogP contribution in [0.1, 0.15) is 27.2 Å². The lowest BCUT2D eigenvalue weighted by atomic mass is 9.93. The van der Waals surface area contributed by atoms with Gasteiger partial charge in [-0.3, -0.25) is 4.79 Å². The summed E-state index contributed by atoms with van der Waals surface area (Å²) >= 11 is 0. The number of Topliss-reactive ketones (excluding diaryl/α,β-unsaturated/α-hetero) is 1. The first-order chi connectivity index (χ1) is 7.02. The predicted octanol–water partition coefficient (Wildman–Crippen LogP) is 3.85. The van der Waals surface area contributed by atoms with Gasteiger partial charge < -0.3 is 0 Å². The zero-order valence-corrected chi connectivity index (χ0v) is 9.92. The molecule has 0 bridgehead atoms. The molecule has 0 saturated carbocycles. The molecule has 0 radical (unpaired) electrons. The van der Waals surface area contributed by atoms with Gasteiger partial charge in [0, 0.05) is 5.92 Å². The van der Waals surface area contributed by atoms with Crippen LogP contribution in [-0.2, 0) is 4.79 Å². The molecule has 0 saturated heterocycles. The third-order valence-electron chi connectivity index (χ3n) is 2.18. The molecule has 0 N–H and O–H groups in total. The van der Waals surface area contributed by atoms with Crippen LogP contribution in [-0.4, -0.2) is 5.78 Å². The molecule has 1 nitrogen and oxygen atoms in total. The van der Waals surface area contributed by atoms with E-state index in [9.17, 15) is 4.79 Å². The molecule has 0 aromatic rings. The van der Waals surface area contributed by atoms with Crippen molar-refractivity contribution in [1.82, 2.24) is 0 Å². The van der Waals surface area contributed by atoms with Crippen molar-refractivity contribution in [2.45, 2.75) is 27.2 Å². The fraction of sp³-hybridized carbons (Fsp3) is 0.357. The van der Waals surface area contributed by atoms with Crippen LogP contribution in [0.4, 0.5) is 0 Å². The van der Waals surface area contributed by atoms with Gasteiger partial charge in [-0.25, -0.2) is 0 Å². The molecule has 0 aromatic carbocycles. The summed E-state index contributed by atoms with van der Waals surface area (Å²) in [6.45, 7) is 13.0. The number of carbonyl (C=O) groups excluding carboxylic acids is 1. The molecular formula is C14H20O. The van der Waals surface area contributed by atoms with E-state index in [-0.39, 0.29) is 11.7 Å². The third kappa shape index (κ3) is 5.16. The van der Waals surface area contributed by atoms with Crippen LogP contribution < -0.4 is 0 Å². The summed E-state index contributed by atoms with van der Waals surface area (Å²) in [5.74, 6) is 0.111. The van der Waals surface area contributed by atoms with Crippen molar-refractivity contribution >= 4 is 5.78 Å². The Labute approximate surface area is 92.9 Å². The second-order valence-corrected chi connectivity index (χ2v) is 3.72. The lowest BCUT2D eigenvalue weighted by molar-refractivity contribution is -0.118. The van der Waals surface area contributed by atoms with Gasteiger partial charge in [0.1, 0.15) is 0 Å². The fourth-order valence-electron chi connectivity index (χ4n) is 1.31. The van der Waals surface area contributed by atoms with Gasteiger partial charge in [-0.15, -0.1) is 0 Å². The van der Waals surface area contributed by atoms with Crippen LogP contribution in [0.15, 0.2) is 48.6 Å². The summed E-state index contributed by atoms with van der Waals surface area (Å²) in [6, 6.07) is 0. The summed E-state index contributed by atoms with van der Waals surface area (Å²) in [5, 5.41) is 0. The Morgan fingerprint density at radius 1 is 1.47 bits per heavy atom. The van der Waals surface area contributed by atoms with Crippen molar-refractivity contribution in [2.75, 3.05) is 0 Å². The van der Waals surface area contributed by atoms with Gasteiger partial charge >= 0.3 is 0 Å². The second-order valence-electron chi connectivity index (χ2n) is 3.72. The van der Waals surface area contributed by atoms with Gasteiger partial charge in [0.15, 0.2) is 5.78 Å². The number of carbonyl (C=O) groups is 1. The Balaban J connectivity index is 4.50. The molecule has 0 fully saturated rings. The number of hydrogen-bond acceptors (Lipinski definition) is 1. The van der Waals surface area contributed by atoms with Crippen molar-refractivity contribution in [3.63, 3.8) is 0 Å². The minimum atomic E-state index is -0.0167. The Morgan fingerprint density at radius 3 is 2.47 bits per heavy atom. The van der Waals surface area contributed by atoms with Gasteiger partial charge in [-0.05, 0) is 31.4 Å². The van der Waals surface area contributed by atoms with E-state index in [1.54, 1.807) is 13.0 Å².